The van der Waals surface area contributed by atoms with E-state index in [0.717, 1.165) is 0 Å². The van der Waals surface area contributed by atoms with Gasteiger partial charge >= 0.3 is 12.4 Å². The van der Waals surface area contributed by atoms with E-state index < -0.39 is 35.0 Å². The fourth-order valence-corrected chi connectivity index (χ4v) is 4.05. The molecule has 1 aromatic carbocycles. The monoisotopic (exact) mass is 564 g/mol. The van der Waals surface area contributed by atoms with Crippen LogP contribution in [0.25, 0.3) is 11.0 Å². The fraction of sp³-hybridized carbons (Fsp3) is 0.478. The summed E-state index contributed by atoms with van der Waals surface area (Å²) in [4.78, 5) is 21.5. The van der Waals surface area contributed by atoms with Gasteiger partial charge in [-0.2, -0.15) is 31.4 Å². The number of alkyl halides is 6. The predicted octanol–water partition coefficient (Wildman–Crippen LogP) is 5.24. The van der Waals surface area contributed by atoms with Crippen molar-refractivity contribution in [2.45, 2.75) is 50.1 Å². The second-order valence-electron chi connectivity index (χ2n) is 8.30. The number of nitrogens with zero attached hydrogens (tertiary/aromatic N) is 4. The molecule has 208 valence electrons. The minimum atomic E-state index is -5.05. The maximum atomic E-state index is 13.1. The third-order valence-electron chi connectivity index (χ3n) is 5.02. The van der Waals surface area contributed by atoms with Crippen LogP contribution in [0.1, 0.15) is 42.3 Å². The number of carbonyl (C=O) groups excluding carboxylic acids is 1. The Hall–Kier alpha value is -3.07. The van der Waals surface area contributed by atoms with Crippen LogP contribution in [-0.4, -0.2) is 57.2 Å². The third kappa shape index (κ3) is 7.72. The Labute approximate surface area is 218 Å². The normalized spacial score (nSPS) is 12.4. The highest BCUT2D eigenvalue weighted by Gasteiger charge is 2.37. The SMILES string of the molecule is CCOCCNc1nc(SC(C)C)nc2c1cnn2CCNC(=O)c1cc(C(F)(F)F)cc(C(F)(F)F)c1. The van der Waals surface area contributed by atoms with Crippen LogP contribution < -0.4 is 10.6 Å². The van der Waals surface area contributed by atoms with Gasteiger partial charge in [0.05, 0.1) is 35.9 Å². The molecule has 15 heteroatoms. The summed E-state index contributed by atoms with van der Waals surface area (Å²) in [5, 5.41) is 11.1. The lowest BCUT2D eigenvalue weighted by molar-refractivity contribution is -0.143. The van der Waals surface area contributed by atoms with Crippen LogP contribution in [-0.2, 0) is 23.6 Å². The van der Waals surface area contributed by atoms with Gasteiger partial charge in [0.25, 0.3) is 5.91 Å². The maximum absolute atomic E-state index is 13.1. The van der Waals surface area contributed by atoms with Gasteiger partial charge in [-0.1, -0.05) is 25.6 Å². The largest absolute Gasteiger partial charge is 0.416 e. The number of nitrogens with one attached hydrogen (secondary N) is 2. The summed E-state index contributed by atoms with van der Waals surface area (Å²) in [5.41, 5.74) is -3.43. The molecule has 0 fully saturated rings. The first kappa shape index (κ1) is 29.5. The molecule has 0 saturated heterocycles. The molecule has 3 aromatic rings. The topological polar surface area (TPSA) is 94.0 Å². The summed E-state index contributed by atoms with van der Waals surface area (Å²) in [6.45, 7) is 7.28. The number of carbonyl (C=O) groups is 1. The first-order valence-corrected chi connectivity index (χ1v) is 12.5. The number of hydrogen-bond acceptors (Lipinski definition) is 7. The number of hydrogen-bond donors (Lipinski definition) is 2. The van der Waals surface area contributed by atoms with Gasteiger partial charge in [-0.05, 0) is 25.1 Å². The predicted molar refractivity (Wildman–Crippen MR) is 130 cm³/mol. The second-order valence-corrected chi connectivity index (χ2v) is 9.84. The van der Waals surface area contributed by atoms with Crippen molar-refractivity contribution in [3.8, 4) is 0 Å². The molecule has 0 bridgehead atoms. The Morgan fingerprint density at radius 2 is 1.71 bits per heavy atom. The Morgan fingerprint density at radius 3 is 2.29 bits per heavy atom. The Morgan fingerprint density at radius 1 is 1.05 bits per heavy atom. The molecule has 0 radical (unpaired) electrons. The molecule has 2 N–H and O–H groups in total. The number of benzene rings is 1. The van der Waals surface area contributed by atoms with Crippen molar-refractivity contribution in [1.29, 1.82) is 0 Å². The van der Waals surface area contributed by atoms with Crippen LogP contribution in [0.5, 0.6) is 0 Å². The number of halogens is 6. The molecule has 2 aromatic heterocycles. The first-order valence-electron chi connectivity index (χ1n) is 11.6. The van der Waals surface area contributed by atoms with E-state index in [1.165, 1.54) is 22.6 Å². The molecule has 0 spiro atoms. The molecule has 38 heavy (non-hydrogen) atoms. The highest BCUT2D eigenvalue weighted by molar-refractivity contribution is 7.99. The summed E-state index contributed by atoms with van der Waals surface area (Å²) in [6, 6.07) is 0.743. The molecular formula is C23H26F6N6O2S. The fourth-order valence-electron chi connectivity index (χ4n) is 3.35. The zero-order valence-corrected chi connectivity index (χ0v) is 21.5. The summed E-state index contributed by atoms with van der Waals surface area (Å²) >= 11 is 1.43. The number of rotatable bonds is 11. The number of fused-ring (bicyclic) bond motifs is 1. The summed E-state index contributed by atoms with van der Waals surface area (Å²) < 4.78 is 85.5. The van der Waals surface area contributed by atoms with Crippen molar-refractivity contribution in [2.24, 2.45) is 0 Å². The van der Waals surface area contributed by atoms with Crippen molar-refractivity contribution < 1.29 is 35.9 Å². The summed E-state index contributed by atoms with van der Waals surface area (Å²) in [5.74, 6) is -0.543. The highest BCUT2D eigenvalue weighted by Crippen LogP contribution is 2.36. The number of anilines is 1. The van der Waals surface area contributed by atoms with Crippen molar-refractivity contribution >= 4 is 34.5 Å². The second kappa shape index (κ2) is 12.2. The third-order valence-corrected chi connectivity index (χ3v) is 5.88. The summed E-state index contributed by atoms with van der Waals surface area (Å²) in [6.07, 6.45) is -8.57. The average molecular weight is 565 g/mol. The van der Waals surface area contributed by atoms with Crippen molar-refractivity contribution in [1.82, 2.24) is 25.1 Å². The summed E-state index contributed by atoms with van der Waals surface area (Å²) in [7, 11) is 0. The standard InChI is InChI=1S/C23H26F6N6O2S/c1-4-37-8-6-30-18-17-12-32-35(19(17)34-21(33-18)38-13(2)3)7-5-31-20(36)14-9-15(22(24,25)26)11-16(10-14)23(27,28)29/h9-13H,4-8H2,1-3H3,(H,31,36)(H,30,33,34). The molecule has 8 nitrogen and oxygen atoms in total. The van der Waals surface area contributed by atoms with Gasteiger partial charge in [0, 0.05) is 30.5 Å². The molecule has 0 unspecified atom stereocenters. The zero-order valence-electron chi connectivity index (χ0n) is 20.7. The van der Waals surface area contributed by atoms with E-state index in [1.54, 1.807) is 0 Å². The number of thioether (sulfide) groups is 1. The number of amides is 1. The van der Waals surface area contributed by atoms with Gasteiger partial charge in [-0.3, -0.25) is 4.79 Å². The van der Waals surface area contributed by atoms with Crippen LogP contribution in [0.2, 0.25) is 0 Å². The van der Waals surface area contributed by atoms with E-state index in [4.69, 9.17) is 4.74 Å². The number of ether oxygens (including phenoxy) is 1. The molecular weight excluding hydrogens is 538 g/mol. The van der Waals surface area contributed by atoms with Gasteiger partial charge in [-0.25, -0.2) is 14.6 Å². The quantitative estimate of drug-likeness (QED) is 0.142. The lowest BCUT2D eigenvalue weighted by Gasteiger charge is -2.14. The van der Waals surface area contributed by atoms with Crippen LogP contribution in [0, 0.1) is 0 Å². The highest BCUT2D eigenvalue weighted by atomic mass is 32.2. The molecule has 1 amide bonds. The lowest BCUT2D eigenvalue weighted by atomic mass is 10.0. The Bertz CT molecular complexity index is 1230. The Balaban J connectivity index is 1.79. The van der Waals surface area contributed by atoms with E-state index in [1.807, 2.05) is 20.8 Å². The van der Waals surface area contributed by atoms with Gasteiger partial charge in [0.1, 0.15) is 5.82 Å². The maximum Gasteiger partial charge on any atom is 0.416 e. The molecule has 0 aliphatic heterocycles. The van der Waals surface area contributed by atoms with E-state index in [9.17, 15) is 31.1 Å². The molecule has 0 aliphatic rings. The van der Waals surface area contributed by atoms with Gasteiger partial charge in [0.15, 0.2) is 10.8 Å². The van der Waals surface area contributed by atoms with Crippen molar-refractivity contribution in [2.75, 3.05) is 31.6 Å². The van der Waals surface area contributed by atoms with Crippen molar-refractivity contribution in [3.63, 3.8) is 0 Å². The van der Waals surface area contributed by atoms with Crippen LogP contribution >= 0.6 is 11.8 Å². The van der Waals surface area contributed by atoms with Crippen molar-refractivity contribution in [3.05, 3.63) is 41.1 Å². The zero-order chi connectivity index (χ0) is 28.1. The number of aromatic nitrogens is 4. The van der Waals surface area contributed by atoms with E-state index >= 15 is 0 Å². The van der Waals surface area contributed by atoms with E-state index in [2.05, 4.69) is 25.7 Å². The van der Waals surface area contributed by atoms with E-state index in [0.29, 0.717) is 53.9 Å². The lowest BCUT2D eigenvalue weighted by Crippen LogP contribution is -2.28. The molecule has 0 saturated carbocycles. The van der Waals surface area contributed by atoms with Crippen LogP contribution in [0.3, 0.4) is 0 Å². The van der Waals surface area contributed by atoms with Crippen LogP contribution in [0.15, 0.2) is 29.6 Å². The van der Waals surface area contributed by atoms with Gasteiger partial charge in [-0.15, -0.1) is 0 Å². The minimum absolute atomic E-state index is 0.0287. The Kier molecular flexibility index (Phi) is 9.46. The first-order chi connectivity index (χ1) is 17.8. The molecule has 0 aliphatic carbocycles. The average Bonchev–Trinajstić information content (AvgIpc) is 3.23. The van der Waals surface area contributed by atoms with E-state index in [-0.39, 0.29) is 24.4 Å². The smallest absolute Gasteiger partial charge is 0.380 e. The van der Waals surface area contributed by atoms with Gasteiger partial charge < -0.3 is 15.4 Å². The molecule has 0 atom stereocenters. The molecule has 2 heterocycles. The van der Waals surface area contributed by atoms with Gasteiger partial charge in [0.2, 0.25) is 0 Å². The minimum Gasteiger partial charge on any atom is -0.380 e. The van der Waals surface area contributed by atoms with Crippen LogP contribution in [0.4, 0.5) is 32.2 Å². The molecule has 3 rings (SSSR count).